The third kappa shape index (κ3) is 3.43. The Hall–Kier alpha value is -2.08. The molecule has 26 heavy (non-hydrogen) atoms. The first-order chi connectivity index (χ1) is 12.6. The monoisotopic (exact) mass is 357 g/mol. The number of carbonyl (C=O) groups is 1. The third-order valence-electron chi connectivity index (χ3n) is 5.94. The summed E-state index contributed by atoms with van der Waals surface area (Å²) in [5, 5.41) is 0. The number of nitrogens with zero attached hydrogens (tertiary/aromatic N) is 3. The van der Waals surface area contributed by atoms with Gasteiger partial charge < -0.3 is 9.32 Å². The molecule has 3 heterocycles. The molecule has 2 aliphatic heterocycles. The number of fused-ring (bicyclic) bond motifs is 1. The summed E-state index contributed by atoms with van der Waals surface area (Å²) < 4.78 is 7.16. The van der Waals surface area contributed by atoms with E-state index in [9.17, 15) is 9.59 Å². The van der Waals surface area contributed by atoms with Gasteiger partial charge in [0.2, 0.25) is 5.91 Å². The Labute approximate surface area is 153 Å². The molecule has 1 aromatic carbocycles. The Kier molecular flexibility index (Phi) is 4.85. The highest BCUT2D eigenvalue weighted by Gasteiger charge is 2.27. The smallest absolute Gasteiger partial charge is 0.408 e. The highest BCUT2D eigenvalue weighted by molar-refractivity contribution is 5.78. The number of hydrogen-bond donors (Lipinski definition) is 0. The van der Waals surface area contributed by atoms with Crippen LogP contribution >= 0.6 is 0 Å². The largest absolute Gasteiger partial charge is 0.420 e. The van der Waals surface area contributed by atoms with Crippen LogP contribution in [0.1, 0.15) is 38.6 Å². The summed E-state index contributed by atoms with van der Waals surface area (Å²) in [7, 11) is 0. The number of rotatable bonds is 3. The van der Waals surface area contributed by atoms with Crippen LogP contribution in [0.25, 0.3) is 11.1 Å². The van der Waals surface area contributed by atoms with E-state index in [-0.39, 0.29) is 17.7 Å². The summed E-state index contributed by atoms with van der Waals surface area (Å²) in [4.78, 5) is 29.0. The first-order valence-corrected chi connectivity index (χ1v) is 9.72. The average Bonchev–Trinajstić information content (AvgIpc) is 2.99. The zero-order valence-electron chi connectivity index (χ0n) is 15.4. The van der Waals surface area contributed by atoms with Crippen molar-refractivity contribution in [2.45, 2.75) is 38.6 Å². The van der Waals surface area contributed by atoms with E-state index in [1.54, 1.807) is 4.57 Å². The predicted octanol–water partition coefficient (Wildman–Crippen LogP) is 2.49. The van der Waals surface area contributed by atoms with Gasteiger partial charge in [-0.1, -0.05) is 19.1 Å². The molecule has 6 nitrogen and oxygen atoms in total. The molecule has 2 fully saturated rings. The molecule has 4 rings (SSSR count). The fourth-order valence-electron chi connectivity index (χ4n) is 4.21. The number of benzene rings is 1. The molecule has 1 amide bonds. The summed E-state index contributed by atoms with van der Waals surface area (Å²) in [6, 6.07) is 7.73. The van der Waals surface area contributed by atoms with Crippen molar-refractivity contribution in [1.82, 2.24) is 14.4 Å². The van der Waals surface area contributed by atoms with Gasteiger partial charge >= 0.3 is 5.76 Å². The van der Waals surface area contributed by atoms with E-state index in [0.717, 1.165) is 63.3 Å². The summed E-state index contributed by atoms with van der Waals surface area (Å²) in [6.07, 6.45) is 3.97. The highest BCUT2D eigenvalue weighted by Crippen LogP contribution is 2.25. The second-order valence-electron chi connectivity index (χ2n) is 7.78. The average molecular weight is 357 g/mol. The number of amides is 1. The fourth-order valence-corrected chi connectivity index (χ4v) is 4.21. The number of hydrogen-bond acceptors (Lipinski definition) is 4. The summed E-state index contributed by atoms with van der Waals surface area (Å²) in [5.41, 5.74) is 1.52. The quantitative estimate of drug-likeness (QED) is 0.847. The Morgan fingerprint density at radius 1 is 1.08 bits per heavy atom. The van der Waals surface area contributed by atoms with Gasteiger partial charge in [-0.05, 0) is 43.7 Å². The summed E-state index contributed by atoms with van der Waals surface area (Å²) >= 11 is 0. The number of aromatic nitrogens is 1. The maximum atomic E-state index is 12.5. The lowest BCUT2D eigenvalue weighted by Gasteiger charge is -2.35. The number of likely N-dealkylation sites (tertiary alicyclic amines) is 2. The van der Waals surface area contributed by atoms with E-state index >= 15 is 0 Å². The topological polar surface area (TPSA) is 58.7 Å². The van der Waals surface area contributed by atoms with Crippen molar-refractivity contribution in [3.05, 3.63) is 34.8 Å². The molecule has 0 atom stereocenters. The Morgan fingerprint density at radius 2 is 1.77 bits per heavy atom. The number of piperidine rings is 2. The van der Waals surface area contributed by atoms with E-state index in [1.165, 1.54) is 0 Å². The Balaban J connectivity index is 1.36. The van der Waals surface area contributed by atoms with Crippen molar-refractivity contribution in [1.29, 1.82) is 0 Å². The molecule has 0 unspecified atom stereocenters. The molecule has 0 saturated carbocycles. The van der Waals surface area contributed by atoms with Gasteiger partial charge in [-0.3, -0.25) is 14.3 Å². The van der Waals surface area contributed by atoms with Gasteiger partial charge in [0.15, 0.2) is 5.58 Å². The summed E-state index contributed by atoms with van der Waals surface area (Å²) in [6.45, 7) is 6.23. The lowest BCUT2D eigenvalue weighted by atomic mass is 9.99. The van der Waals surface area contributed by atoms with E-state index < -0.39 is 0 Å². The molecular formula is C20H27N3O3. The van der Waals surface area contributed by atoms with Crippen LogP contribution < -0.4 is 5.76 Å². The second kappa shape index (κ2) is 7.27. The van der Waals surface area contributed by atoms with Crippen LogP contribution in [-0.2, 0) is 4.79 Å². The molecule has 2 saturated heterocycles. The van der Waals surface area contributed by atoms with Crippen LogP contribution in [0.2, 0.25) is 0 Å². The number of para-hydroxylation sites is 2. The molecule has 0 radical (unpaired) electrons. The zero-order valence-corrected chi connectivity index (χ0v) is 15.4. The Bertz CT molecular complexity index is 824. The van der Waals surface area contributed by atoms with E-state index in [2.05, 4.69) is 11.8 Å². The van der Waals surface area contributed by atoms with Gasteiger partial charge in [-0.25, -0.2) is 4.79 Å². The number of oxazole rings is 1. The third-order valence-corrected chi connectivity index (χ3v) is 5.94. The molecule has 0 aliphatic carbocycles. The van der Waals surface area contributed by atoms with Crippen LogP contribution in [0.3, 0.4) is 0 Å². The van der Waals surface area contributed by atoms with Crippen molar-refractivity contribution < 1.29 is 9.21 Å². The van der Waals surface area contributed by atoms with Gasteiger partial charge in [0.05, 0.1) is 12.1 Å². The summed E-state index contributed by atoms with van der Waals surface area (Å²) in [5.74, 6) is 0.710. The normalized spacial score (nSPS) is 20.7. The fraction of sp³-hybridized carbons (Fsp3) is 0.600. The van der Waals surface area contributed by atoms with Crippen molar-refractivity contribution in [2.75, 3.05) is 32.7 Å². The van der Waals surface area contributed by atoms with Crippen LogP contribution in [-0.4, -0.2) is 53.0 Å². The molecule has 2 aromatic rings. The lowest BCUT2D eigenvalue weighted by Crippen LogP contribution is -2.46. The van der Waals surface area contributed by atoms with Crippen LogP contribution in [0, 0.1) is 5.92 Å². The molecule has 0 spiro atoms. The minimum absolute atomic E-state index is 0.147. The minimum atomic E-state index is -0.275. The molecule has 140 valence electrons. The van der Waals surface area contributed by atoms with E-state index in [4.69, 9.17) is 4.42 Å². The van der Waals surface area contributed by atoms with E-state index in [0.29, 0.717) is 12.1 Å². The van der Waals surface area contributed by atoms with Gasteiger partial charge in [-0.2, -0.15) is 0 Å². The molecule has 0 N–H and O–H groups in total. The maximum Gasteiger partial charge on any atom is 0.420 e. The lowest BCUT2D eigenvalue weighted by molar-refractivity contribution is -0.134. The first kappa shape index (κ1) is 17.3. The van der Waals surface area contributed by atoms with Crippen molar-refractivity contribution in [3.8, 4) is 0 Å². The molecular weight excluding hydrogens is 330 g/mol. The SMILES string of the molecule is CC1CCN(C(=O)CN2CCC(n3c(=O)oc4ccccc43)CC2)CC1. The second-order valence-corrected chi connectivity index (χ2v) is 7.78. The van der Waals surface area contributed by atoms with Crippen LogP contribution in [0.15, 0.2) is 33.5 Å². The first-order valence-electron chi connectivity index (χ1n) is 9.72. The van der Waals surface area contributed by atoms with Crippen LogP contribution in [0.4, 0.5) is 0 Å². The standard InChI is InChI=1S/C20H27N3O3/c1-15-6-12-22(13-7-15)19(24)14-21-10-8-16(9-11-21)23-17-4-2-3-5-18(17)26-20(23)25/h2-5,15-16H,6-14H2,1H3. The van der Waals surface area contributed by atoms with Crippen molar-refractivity contribution in [2.24, 2.45) is 5.92 Å². The van der Waals surface area contributed by atoms with Crippen molar-refractivity contribution >= 4 is 17.0 Å². The van der Waals surface area contributed by atoms with Gasteiger partial charge in [0.25, 0.3) is 0 Å². The van der Waals surface area contributed by atoms with Gasteiger partial charge in [0, 0.05) is 32.2 Å². The molecule has 0 bridgehead atoms. The zero-order chi connectivity index (χ0) is 18.1. The van der Waals surface area contributed by atoms with Crippen LogP contribution in [0.5, 0.6) is 0 Å². The predicted molar refractivity (Wildman–Crippen MR) is 100 cm³/mol. The molecule has 1 aromatic heterocycles. The Morgan fingerprint density at radius 3 is 2.50 bits per heavy atom. The van der Waals surface area contributed by atoms with Crippen molar-refractivity contribution in [3.63, 3.8) is 0 Å². The van der Waals surface area contributed by atoms with Gasteiger partial charge in [-0.15, -0.1) is 0 Å². The van der Waals surface area contributed by atoms with E-state index in [1.807, 2.05) is 29.2 Å². The molecule has 6 heteroatoms. The number of carbonyl (C=O) groups excluding carboxylic acids is 1. The maximum absolute atomic E-state index is 12.5. The highest BCUT2D eigenvalue weighted by atomic mass is 16.4. The minimum Gasteiger partial charge on any atom is -0.408 e. The van der Waals surface area contributed by atoms with Gasteiger partial charge in [0.1, 0.15) is 0 Å². The molecule has 2 aliphatic rings.